The largest absolute Gasteiger partial charge is 0.458 e. The molecule has 3 aliphatic heterocycles. The van der Waals surface area contributed by atoms with Crippen molar-refractivity contribution in [2.75, 3.05) is 19.6 Å². The molecule has 2 bridgehead atoms. The molecule has 0 radical (unpaired) electrons. The zero-order valence-electron chi connectivity index (χ0n) is 12.0. The van der Waals surface area contributed by atoms with Crippen molar-refractivity contribution >= 4 is 5.97 Å². The topological polar surface area (TPSA) is 49.8 Å². The maximum absolute atomic E-state index is 12.2. The molecule has 106 valence electrons. The molecular weight excluding hydrogens is 242 g/mol. The van der Waals surface area contributed by atoms with Gasteiger partial charge in [-0.25, -0.2) is 4.79 Å². The predicted molar refractivity (Wildman–Crippen MR) is 72.3 cm³/mol. The van der Waals surface area contributed by atoms with Crippen LogP contribution in [0.3, 0.4) is 0 Å². The molecule has 0 saturated carbocycles. The van der Waals surface area contributed by atoms with E-state index in [1.54, 1.807) is 20.8 Å². The van der Waals surface area contributed by atoms with Gasteiger partial charge in [0.15, 0.2) is 0 Å². The first kappa shape index (κ1) is 14.4. The SMILES string of the molecule is CC#C[C@@](O)(C(=O)O[C@H]1CN2CCC1CC2)C(C)C. The molecule has 1 N–H and O–H groups in total. The van der Waals surface area contributed by atoms with Crippen LogP contribution in [0.25, 0.3) is 0 Å². The molecule has 3 fully saturated rings. The summed E-state index contributed by atoms with van der Waals surface area (Å²) in [6, 6.07) is 0. The van der Waals surface area contributed by atoms with Crippen LogP contribution in [0, 0.1) is 23.7 Å². The van der Waals surface area contributed by atoms with Gasteiger partial charge in [-0.05, 0) is 38.8 Å². The normalized spacial score (nSPS) is 32.4. The Hall–Kier alpha value is -1.05. The number of esters is 1. The maximum atomic E-state index is 12.2. The summed E-state index contributed by atoms with van der Waals surface area (Å²) in [5.41, 5.74) is -1.68. The monoisotopic (exact) mass is 265 g/mol. The highest BCUT2D eigenvalue weighted by Gasteiger charge is 2.43. The first-order valence-electron chi connectivity index (χ1n) is 7.07. The third kappa shape index (κ3) is 2.77. The Bertz CT molecular complexity index is 401. The van der Waals surface area contributed by atoms with E-state index in [0.717, 1.165) is 32.5 Å². The molecule has 3 rings (SSSR count). The number of nitrogens with zero attached hydrogens (tertiary/aromatic N) is 1. The van der Waals surface area contributed by atoms with Gasteiger partial charge in [-0.3, -0.25) is 4.90 Å². The number of rotatable bonds is 3. The third-order valence-corrected chi connectivity index (χ3v) is 4.32. The Labute approximate surface area is 115 Å². The molecule has 0 aromatic carbocycles. The average molecular weight is 265 g/mol. The number of hydrogen-bond donors (Lipinski definition) is 1. The van der Waals surface area contributed by atoms with Crippen molar-refractivity contribution in [3.63, 3.8) is 0 Å². The zero-order chi connectivity index (χ0) is 14.0. The van der Waals surface area contributed by atoms with E-state index in [4.69, 9.17) is 4.74 Å². The molecule has 4 nitrogen and oxygen atoms in total. The number of carbonyl (C=O) groups excluding carboxylic acids is 1. The Kier molecular flexibility index (Phi) is 4.17. The lowest BCUT2D eigenvalue weighted by atomic mass is 9.85. The summed E-state index contributed by atoms with van der Waals surface area (Å²) in [6.45, 7) is 8.17. The van der Waals surface area contributed by atoms with Crippen molar-refractivity contribution in [3.8, 4) is 11.8 Å². The van der Waals surface area contributed by atoms with Gasteiger partial charge in [0.2, 0.25) is 5.60 Å². The number of fused-ring (bicyclic) bond motifs is 3. The zero-order valence-corrected chi connectivity index (χ0v) is 12.0. The summed E-state index contributed by atoms with van der Waals surface area (Å²) >= 11 is 0. The lowest BCUT2D eigenvalue weighted by Crippen LogP contribution is -2.54. The number of piperidine rings is 3. The van der Waals surface area contributed by atoms with Crippen LogP contribution in [0.5, 0.6) is 0 Å². The fourth-order valence-corrected chi connectivity index (χ4v) is 2.89. The van der Waals surface area contributed by atoms with Gasteiger partial charge in [-0.2, -0.15) is 0 Å². The second-order valence-electron chi connectivity index (χ2n) is 5.88. The van der Waals surface area contributed by atoms with Gasteiger partial charge in [0, 0.05) is 12.5 Å². The van der Waals surface area contributed by atoms with E-state index in [2.05, 4.69) is 16.7 Å². The summed E-state index contributed by atoms with van der Waals surface area (Å²) in [7, 11) is 0. The molecule has 2 atom stereocenters. The molecule has 0 unspecified atom stereocenters. The Morgan fingerprint density at radius 2 is 2.05 bits per heavy atom. The van der Waals surface area contributed by atoms with Crippen LogP contribution in [0.1, 0.15) is 33.6 Å². The number of aliphatic hydroxyl groups is 1. The van der Waals surface area contributed by atoms with Crippen LogP contribution in [-0.4, -0.2) is 47.3 Å². The summed E-state index contributed by atoms with van der Waals surface area (Å²) in [5.74, 6) is 4.81. The average Bonchev–Trinajstić information content (AvgIpc) is 2.40. The van der Waals surface area contributed by atoms with Gasteiger partial charge in [-0.1, -0.05) is 19.8 Å². The standard InChI is InChI=1S/C15H23NO3/c1-4-7-15(18,11(2)3)14(17)19-13-10-16-8-5-12(13)6-9-16/h11-13,18H,5-6,8-10H2,1-3H3/t13-,15-/m0/s1. The second kappa shape index (κ2) is 5.52. The molecule has 3 aliphatic rings. The van der Waals surface area contributed by atoms with Crippen LogP contribution in [0.4, 0.5) is 0 Å². The Morgan fingerprint density at radius 3 is 2.47 bits per heavy atom. The van der Waals surface area contributed by atoms with E-state index in [9.17, 15) is 9.90 Å². The summed E-state index contributed by atoms with van der Waals surface area (Å²) in [4.78, 5) is 14.6. The van der Waals surface area contributed by atoms with Gasteiger partial charge in [0.25, 0.3) is 0 Å². The fraction of sp³-hybridized carbons (Fsp3) is 0.800. The Balaban J connectivity index is 2.05. The van der Waals surface area contributed by atoms with Crippen molar-refractivity contribution in [2.45, 2.75) is 45.3 Å². The Morgan fingerprint density at radius 1 is 1.42 bits per heavy atom. The van der Waals surface area contributed by atoms with Crippen LogP contribution < -0.4 is 0 Å². The molecule has 0 spiro atoms. The molecule has 4 heteroatoms. The molecule has 0 aromatic rings. The lowest BCUT2D eigenvalue weighted by molar-refractivity contribution is -0.177. The first-order valence-corrected chi connectivity index (χ1v) is 7.07. The van der Waals surface area contributed by atoms with Crippen molar-refractivity contribution in [1.29, 1.82) is 0 Å². The van der Waals surface area contributed by atoms with E-state index >= 15 is 0 Å². The number of ether oxygens (including phenoxy) is 1. The van der Waals surface area contributed by atoms with Gasteiger partial charge in [0.05, 0.1) is 0 Å². The number of hydrogen-bond acceptors (Lipinski definition) is 4. The minimum absolute atomic E-state index is 0.0843. The highest BCUT2D eigenvalue weighted by molar-refractivity contribution is 5.83. The van der Waals surface area contributed by atoms with E-state index in [1.165, 1.54) is 0 Å². The molecule has 0 aliphatic carbocycles. The van der Waals surface area contributed by atoms with Crippen molar-refractivity contribution in [2.24, 2.45) is 11.8 Å². The summed E-state index contributed by atoms with van der Waals surface area (Å²) in [5, 5.41) is 10.4. The van der Waals surface area contributed by atoms with Gasteiger partial charge in [-0.15, -0.1) is 5.92 Å². The number of carbonyl (C=O) groups is 1. The van der Waals surface area contributed by atoms with Crippen molar-refractivity contribution < 1.29 is 14.6 Å². The van der Waals surface area contributed by atoms with E-state index in [-0.39, 0.29) is 12.0 Å². The third-order valence-electron chi connectivity index (χ3n) is 4.32. The lowest BCUT2D eigenvalue weighted by Gasteiger charge is -2.44. The first-order chi connectivity index (χ1) is 8.97. The minimum Gasteiger partial charge on any atom is -0.458 e. The fourth-order valence-electron chi connectivity index (χ4n) is 2.89. The molecule has 3 heterocycles. The molecular formula is C15H23NO3. The molecule has 19 heavy (non-hydrogen) atoms. The van der Waals surface area contributed by atoms with E-state index < -0.39 is 11.6 Å². The molecule has 0 amide bonds. The van der Waals surface area contributed by atoms with Crippen LogP contribution in [0.2, 0.25) is 0 Å². The highest BCUT2D eigenvalue weighted by atomic mass is 16.6. The van der Waals surface area contributed by atoms with E-state index in [1.807, 2.05) is 0 Å². The van der Waals surface area contributed by atoms with Crippen molar-refractivity contribution in [1.82, 2.24) is 4.90 Å². The van der Waals surface area contributed by atoms with Crippen LogP contribution in [0.15, 0.2) is 0 Å². The van der Waals surface area contributed by atoms with Gasteiger partial charge < -0.3 is 9.84 Å². The predicted octanol–water partition coefficient (Wildman–Crippen LogP) is 1.03. The second-order valence-corrected chi connectivity index (χ2v) is 5.88. The molecule has 3 saturated heterocycles. The van der Waals surface area contributed by atoms with Crippen LogP contribution in [-0.2, 0) is 9.53 Å². The van der Waals surface area contributed by atoms with Gasteiger partial charge in [0.1, 0.15) is 6.10 Å². The quantitative estimate of drug-likeness (QED) is 0.612. The highest BCUT2D eigenvalue weighted by Crippen LogP contribution is 2.31. The smallest absolute Gasteiger partial charge is 0.351 e. The van der Waals surface area contributed by atoms with Crippen LogP contribution >= 0.6 is 0 Å². The van der Waals surface area contributed by atoms with Crippen molar-refractivity contribution in [3.05, 3.63) is 0 Å². The maximum Gasteiger partial charge on any atom is 0.351 e. The summed E-state index contributed by atoms with van der Waals surface area (Å²) in [6.07, 6.45) is 2.08. The minimum atomic E-state index is -1.68. The summed E-state index contributed by atoms with van der Waals surface area (Å²) < 4.78 is 5.57. The molecule has 0 aromatic heterocycles. The van der Waals surface area contributed by atoms with Gasteiger partial charge >= 0.3 is 5.97 Å². The van der Waals surface area contributed by atoms with E-state index in [0.29, 0.717) is 5.92 Å².